The Morgan fingerprint density at radius 2 is 2.25 bits per heavy atom. The van der Waals surface area contributed by atoms with Crippen LogP contribution >= 0.6 is 22.9 Å². The van der Waals surface area contributed by atoms with Crippen LogP contribution in [-0.2, 0) is 17.1 Å². The first-order valence-electron chi connectivity index (χ1n) is 7.01. The minimum Gasteiger partial charge on any atom is -0.369 e. The molecule has 0 saturated carbocycles. The first kappa shape index (κ1) is 17.4. The number of carbonyl (C=O) groups excluding carboxylic acids is 1. The second kappa shape index (κ2) is 9.32. The third-order valence-corrected chi connectivity index (χ3v) is 4.09. The fourth-order valence-corrected chi connectivity index (χ4v) is 3.18. The van der Waals surface area contributed by atoms with Crippen LogP contribution in [0.5, 0.6) is 0 Å². The summed E-state index contributed by atoms with van der Waals surface area (Å²) in [5, 5.41) is 3.16. The highest BCUT2D eigenvalue weighted by Gasteiger charge is 2.10. The summed E-state index contributed by atoms with van der Waals surface area (Å²) in [6.45, 7) is 6.48. The van der Waals surface area contributed by atoms with Gasteiger partial charge >= 0.3 is 0 Å². The lowest BCUT2D eigenvalue weighted by molar-refractivity contribution is -0.119. The van der Waals surface area contributed by atoms with Crippen molar-refractivity contribution in [2.75, 3.05) is 19.6 Å². The van der Waals surface area contributed by atoms with E-state index in [1.807, 2.05) is 5.38 Å². The number of carbonyl (C=O) groups is 1. The Morgan fingerprint density at radius 3 is 2.80 bits per heavy atom. The smallest absolute Gasteiger partial charge is 0.231 e. The van der Waals surface area contributed by atoms with Gasteiger partial charge in [0.15, 0.2) is 0 Å². The summed E-state index contributed by atoms with van der Waals surface area (Å²) in [4.78, 5) is 17.6. The Bertz CT molecular complexity index is 409. The number of rotatable bonds is 10. The van der Waals surface area contributed by atoms with Gasteiger partial charge in [0.1, 0.15) is 0 Å². The molecule has 1 aromatic heterocycles. The van der Waals surface area contributed by atoms with Gasteiger partial charge in [-0.25, -0.2) is 4.98 Å². The van der Waals surface area contributed by atoms with Gasteiger partial charge in [-0.15, -0.1) is 22.9 Å². The van der Waals surface area contributed by atoms with Gasteiger partial charge in [0.25, 0.3) is 0 Å². The average molecular weight is 318 g/mol. The molecule has 0 bridgehead atoms. The molecule has 20 heavy (non-hydrogen) atoms. The maximum atomic E-state index is 11.0. The van der Waals surface area contributed by atoms with E-state index in [9.17, 15) is 4.79 Å². The first-order chi connectivity index (χ1) is 9.51. The fraction of sp³-hybridized carbons (Fsp3) is 0.714. The molecule has 0 saturated heterocycles. The molecule has 0 atom stereocenters. The lowest BCUT2D eigenvalue weighted by Crippen LogP contribution is -2.36. The summed E-state index contributed by atoms with van der Waals surface area (Å²) in [6.07, 6.45) is 3.10. The van der Waals surface area contributed by atoms with Gasteiger partial charge < -0.3 is 5.73 Å². The first-order valence-corrected chi connectivity index (χ1v) is 8.42. The SMILES string of the molecule is CC(C)CN(CCCCc1nc(CCl)cs1)CC(N)=O. The quantitative estimate of drug-likeness (QED) is 0.533. The zero-order valence-corrected chi connectivity index (χ0v) is 13.8. The molecule has 0 fully saturated rings. The van der Waals surface area contributed by atoms with Crippen molar-refractivity contribution in [3.05, 3.63) is 16.1 Å². The van der Waals surface area contributed by atoms with Crippen molar-refractivity contribution in [3.63, 3.8) is 0 Å². The van der Waals surface area contributed by atoms with Crippen LogP contribution in [-0.4, -0.2) is 35.4 Å². The van der Waals surface area contributed by atoms with Crippen LogP contribution in [0.1, 0.15) is 37.4 Å². The number of primary amides is 1. The molecule has 0 unspecified atom stereocenters. The molecular formula is C14H24ClN3OS. The number of nitrogens with two attached hydrogens (primary N) is 1. The Hall–Kier alpha value is -0.650. The Morgan fingerprint density at radius 1 is 1.50 bits per heavy atom. The van der Waals surface area contributed by atoms with E-state index in [-0.39, 0.29) is 5.91 Å². The van der Waals surface area contributed by atoms with Crippen molar-refractivity contribution < 1.29 is 4.79 Å². The molecular weight excluding hydrogens is 294 g/mol. The standard InChI is InChI=1S/C14H24ClN3OS/c1-11(2)8-18(9-13(16)19)6-4-3-5-14-17-12(7-15)10-20-14/h10-11H,3-9H2,1-2H3,(H2,16,19). The second-order valence-electron chi connectivity index (χ2n) is 5.42. The number of aromatic nitrogens is 1. The van der Waals surface area contributed by atoms with Gasteiger partial charge in [0, 0.05) is 11.9 Å². The molecule has 0 radical (unpaired) electrons. The summed E-state index contributed by atoms with van der Waals surface area (Å²) in [6, 6.07) is 0. The molecule has 1 aromatic rings. The molecule has 1 rings (SSSR count). The van der Waals surface area contributed by atoms with Crippen molar-refractivity contribution in [2.45, 2.75) is 39.0 Å². The highest BCUT2D eigenvalue weighted by molar-refractivity contribution is 7.09. The van der Waals surface area contributed by atoms with Crippen molar-refractivity contribution in [3.8, 4) is 0 Å². The molecule has 0 aliphatic carbocycles. The molecule has 0 aliphatic rings. The van der Waals surface area contributed by atoms with Gasteiger partial charge in [-0.1, -0.05) is 13.8 Å². The van der Waals surface area contributed by atoms with Crippen LogP contribution in [0, 0.1) is 5.92 Å². The van der Waals surface area contributed by atoms with Gasteiger partial charge in [0.05, 0.1) is 23.1 Å². The number of amides is 1. The van der Waals surface area contributed by atoms with Crippen LogP contribution in [0.3, 0.4) is 0 Å². The Labute approximate surface area is 130 Å². The van der Waals surface area contributed by atoms with E-state index >= 15 is 0 Å². The molecule has 6 heteroatoms. The van der Waals surface area contributed by atoms with Gasteiger partial charge in [-0.3, -0.25) is 9.69 Å². The molecule has 0 aliphatic heterocycles. The van der Waals surface area contributed by atoms with E-state index in [4.69, 9.17) is 17.3 Å². The molecule has 2 N–H and O–H groups in total. The van der Waals surface area contributed by atoms with Crippen LogP contribution in [0.4, 0.5) is 0 Å². The van der Waals surface area contributed by atoms with Crippen molar-refractivity contribution in [1.29, 1.82) is 0 Å². The number of alkyl halides is 1. The minimum atomic E-state index is -0.252. The molecule has 4 nitrogen and oxygen atoms in total. The summed E-state index contributed by atoms with van der Waals surface area (Å²) in [5.74, 6) is 0.772. The summed E-state index contributed by atoms with van der Waals surface area (Å²) < 4.78 is 0. The topological polar surface area (TPSA) is 59.2 Å². The number of nitrogens with zero attached hydrogens (tertiary/aromatic N) is 2. The zero-order chi connectivity index (χ0) is 15.0. The molecule has 114 valence electrons. The molecule has 0 aromatic carbocycles. The minimum absolute atomic E-state index is 0.252. The van der Waals surface area contributed by atoms with Gasteiger partial charge in [-0.05, 0) is 31.7 Å². The fourth-order valence-electron chi connectivity index (χ4n) is 2.11. The lowest BCUT2D eigenvalue weighted by atomic mass is 10.2. The number of hydrogen-bond acceptors (Lipinski definition) is 4. The maximum Gasteiger partial charge on any atom is 0.231 e. The van der Waals surface area contributed by atoms with Crippen LogP contribution in [0.2, 0.25) is 0 Å². The Balaban J connectivity index is 2.27. The van der Waals surface area contributed by atoms with E-state index in [0.29, 0.717) is 18.3 Å². The normalized spacial score (nSPS) is 11.4. The maximum absolute atomic E-state index is 11.0. The third kappa shape index (κ3) is 7.22. The summed E-state index contributed by atoms with van der Waals surface area (Å²) in [7, 11) is 0. The number of unbranched alkanes of at least 4 members (excludes halogenated alkanes) is 1. The highest BCUT2D eigenvalue weighted by Crippen LogP contribution is 2.14. The van der Waals surface area contributed by atoms with E-state index in [1.165, 1.54) is 0 Å². The van der Waals surface area contributed by atoms with E-state index in [1.54, 1.807) is 11.3 Å². The van der Waals surface area contributed by atoms with E-state index in [0.717, 1.165) is 43.1 Å². The van der Waals surface area contributed by atoms with Crippen molar-refractivity contribution in [1.82, 2.24) is 9.88 Å². The number of hydrogen-bond donors (Lipinski definition) is 1. The van der Waals surface area contributed by atoms with E-state index in [2.05, 4.69) is 23.7 Å². The largest absolute Gasteiger partial charge is 0.369 e. The summed E-state index contributed by atoms with van der Waals surface area (Å²) in [5.41, 5.74) is 6.24. The molecule has 1 amide bonds. The number of thiazole rings is 1. The monoisotopic (exact) mass is 317 g/mol. The zero-order valence-electron chi connectivity index (χ0n) is 12.3. The van der Waals surface area contributed by atoms with Gasteiger partial charge in [-0.2, -0.15) is 0 Å². The number of halogens is 1. The predicted molar refractivity (Wildman–Crippen MR) is 85.1 cm³/mol. The van der Waals surface area contributed by atoms with E-state index < -0.39 is 0 Å². The van der Waals surface area contributed by atoms with Crippen LogP contribution in [0.25, 0.3) is 0 Å². The average Bonchev–Trinajstić information content (AvgIpc) is 2.81. The highest BCUT2D eigenvalue weighted by atomic mass is 35.5. The van der Waals surface area contributed by atoms with Crippen LogP contribution < -0.4 is 5.73 Å². The third-order valence-electron chi connectivity index (χ3n) is 2.85. The number of aryl methyl sites for hydroxylation is 1. The second-order valence-corrected chi connectivity index (χ2v) is 6.63. The Kier molecular flexibility index (Phi) is 8.11. The van der Waals surface area contributed by atoms with Crippen molar-refractivity contribution >= 4 is 28.8 Å². The predicted octanol–water partition coefficient (Wildman–Crippen LogP) is 2.65. The lowest BCUT2D eigenvalue weighted by Gasteiger charge is -2.22. The van der Waals surface area contributed by atoms with Crippen LogP contribution in [0.15, 0.2) is 5.38 Å². The molecule has 0 spiro atoms. The van der Waals surface area contributed by atoms with Gasteiger partial charge in [0.2, 0.25) is 5.91 Å². The van der Waals surface area contributed by atoms with Crippen molar-refractivity contribution in [2.24, 2.45) is 11.7 Å². The summed E-state index contributed by atoms with van der Waals surface area (Å²) >= 11 is 7.40. The molecule has 1 heterocycles.